The van der Waals surface area contributed by atoms with Gasteiger partial charge in [-0.2, -0.15) is 10.2 Å². The summed E-state index contributed by atoms with van der Waals surface area (Å²) in [5.41, 5.74) is 7.63. The first kappa shape index (κ1) is 20.4. The molecule has 3 aromatic carbocycles. The normalized spacial score (nSPS) is 12.4. The molecule has 0 atom stereocenters. The third-order valence-corrected chi connectivity index (χ3v) is 5.62. The van der Waals surface area contributed by atoms with Gasteiger partial charge in [-0.15, -0.1) is 0 Å². The number of aliphatic carboxylic acids is 1. The summed E-state index contributed by atoms with van der Waals surface area (Å²) in [6, 6.07) is 19.0. The molecule has 0 saturated carbocycles. The number of amides is 1. The maximum atomic E-state index is 12.6. The van der Waals surface area contributed by atoms with Gasteiger partial charge in [-0.1, -0.05) is 42.5 Å². The molecule has 1 aliphatic rings. The summed E-state index contributed by atoms with van der Waals surface area (Å²) in [5, 5.41) is 22.3. The van der Waals surface area contributed by atoms with Gasteiger partial charge in [0.15, 0.2) is 6.61 Å². The molecule has 164 valence electrons. The van der Waals surface area contributed by atoms with E-state index in [1.165, 1.54) is 22.7 Å². The van der Waals surface area contributed by atoms with Crippen LogP contribution in [0.3, 0.4) is 0 Å². The number of rotatable bonds is 7. The fraction of sp³-hybridized carbons (Fsp3) is 0.120. The van der Waals surface area contributed by atoms with E-state index >= 15 is 0 Å². The number of carbonyl (C=O) groups is 2. The lowest BCUT2D eigenvalue weighted by Crippen LogP contribution is -2.18. The smallest absolute Gasteiger partial charge is 0.341 e. The standard InChI is InChI=1S/C25H20N4O4/c30-23(31)14-33-22-7-2-1-4-17(22)13-26-29-25(32)21-12-20(27-28-21)18-11-10-16-9-8-15-5-3-6-19(18)24(15)16/h1-7,10-13H,8-9,14H2,(H,27,28)(H,29,32)(H,30,31)/b26-13+. The number of carboxylic acid groups (broad SMARTS) is 1. The average Bonchev–Trinajstić information content (AvgIpc) is 3.48. The van der Waals surface area contributed by atoms with Crippen molar-refractivity contribution < 1.29 is 19.4 Å². The number of hydrogen-bond donors (Lipinski definition) is 3. The minimum absolute atomic E-state index is 0.279. The molecule has 0 bridgehead atoms. The Bertz CT molecular complexity index is 1400. The number of para-hydroxylation sites is 1. The van der Waals surface area contributed by atoms with Crippen LogP contribution in [0.5, 0.6) is 5.75 Å². The molecule has 0 radical (unpaired) electrons. The summed E-state index contributed by atoms with van der Waals surface area (Å²) in [6.07, 6.45) is 3.50. The van der Waals surface area contributed by atoms with Crippen LogP contribution in [0, 0.1) is 0 Å². The summed E-state index contributed by atoms with van der Waals surface area (Å²) in [4.78, 5) is 23.3. The van der Waals surface area contributed by atoms with E-state index < -0.39 is 18.5 Å². The number of carbonyl (C=O) groups excluding carboxylic acids is 1. The predicted molar refractivity (Wildman–Crippen MR) is 124 cm³/mol. The number of aryl methyl sites for hydroxylation is 2. The Hall–Kier alpha value is -4.46. The van der Waals surface area contributed by atoms with E-state index in [0.717, 1.165) is 23.8 Å². The summed E-state index contributed by atoms with van der Waals surface area (Å²) in [5.74, 6) is -1.17. The number of hydrazone groups is 1. The van der Waals surface area contributed by atoms with Crippen molar-refractivity contribution in [2.24, 2.45) is 5.10 Å². The van der Waals surface area contributed by atoms with Crippen molar-refractivity contribution >= 4 is 28.9 Å². The zero-order valence-electron chi connectivity index (χ0n) is 17.5. The number of benzene rings is 3. The number of nitrogens with one attached hydrogen (secondary N) is 2. The van der Waals surface area contributed by atoms with Crippen molar-refractivity contribution in [2.75, 3.05) is 6.61 Å². The Balaban J connectivity index is 1.33. The minimum atomic E-state index is -1.08. The number of carboxylic acids is 1. The molecule has 8 nitrogen and oxygen atoms in total. The highest BCUT2D eigenvalue weighted by atomic mass is 16.5. The van der Waals surface area contributed by atoms with E-state index in [-0.39, 0.29) is 5.69 Å². The first-order valence-electron chi connectivity index (χ1n) is 10.5. The van der Waals surface area contributed by atoms with Gasteiger partial charge in [0.25, 0.3) is 5.91 Å². The molecular formula is C25H20N4O4. The number of ether oxygens (including phenoxy) is 1. The Morgan fingerprint density at radius 2 is 1.91 bits per heavy atom. The van der Waals surface area contributed by atoms with Gasteiger partial charge in [-0.25, -0.2) is 10.2 Å². The Morgan fingerprint density at radius 1 is 1.09 bits per heavy atom. The van der Waals surface area contributed by atoms with Gasteiger partial charge < -0.3 is 9.84 Å². The topological polar surface area (TPSA) is 117 Å². The van der Waals surface area contributed by atoms with Crippen LogP contribution < -0.4 is 10.2 Å². The lowest BCUT2D eigenvalue weighted by molar-refractivity contribution is -0.139. The molecule has 33 heavy (non-hydrogen) atoms. The van der Waals surface area contributed by atoms with Gasteiger partial charge in [0, 0.05) is 11.1 Å². The van der Waals surface area contributed by atoms with Gasteiger partial charge in [0.1, 0.15) is 11.4 Å². The lowest BCUT2D eigenvalue weighted by atomic mass is 9.98. The van der Waals surface area contributed by atoms with Crippen molar-refractivity contribution in [3.8, 4) is 17.0 Å². The lowest BCUT2D eigenvalue weighted by Gasteiger charge is -2.06. The van der Waals surface area contributed by atoms with Crippen molar-refractivity contribution in [3.05, 3.63) is 83.0 Å². The Morgan fingerprint density at radius 3 is 2.76 bits per heavy atom. The molecule has 0 saturated heterocycles. The average molecular weight is 440 g/mol. The monoisotopic (exact) mass is 440 g/mol. The van der Waals surface area contributed by atoms with Crippen LogP contribution in [0.2, 0.25) is 0 Å². The number of hydrogen-bond acceptors (Lipinski definition) is 5. The molecule has 0 fully saturated rings. The highest BCUT2D eigenvalue weighted by molar-refractivity contribution is 6.02. The van der Waals surface area contributed by atoms with Crippen LogP contribution in [-0.4, -0.2) is 40.0 Å². The van der Waals surface area contributed by atoms with Crippen LogP contribution in [0.4, 0.5) is 0 Å². The zero-order valence-corrected chi connectivity index (χ0v) is 17.5. The SMILES string of the molecule is O=C(O)COc1ccccc1/C=N/NC(=O)c1cc(-c2ccc3c4c(cccc24)CC3)n[nH]1. The third-order valence-electron chi connectivity index (χ3n) is 5.62. The predicted octanol–water partition coefficient (Wildman–Crippen LogP) is 3.56. The molecule has 8 heteroatoms. The molecule has 0 spiro atoms. The van der Waals surface area contributed by atoms with E-state index in [0.29, 0.717) is 17.0 Å². The van der Waals surface area contributed by atoms with E-state index in [1.807, 2.05) is 0 Å². The summed E-state index contributed by atoms with van der Waals surface area (Å²) in [6.45, 7) is -0.467. The van der Waals surface area contributed by atoms with E-state index in [1.54, 1.807) is 30.3 Å². The number of nitrogens with zero attached hydrogens (tertiary/aromatic N) is 2. The second kappa shape index (κ2) is 8.58. The largest absolute Gasteiger partial charge is 0.481 e. The number of aromatic amines is 1. The molecule has 0 unspecified atom stereocenters. The quantitative estimate of drug-likeness (QED) is 0.300. The second-order valence-electron chi connectivity index (χ2n) is 7.70. The van der Waals surface area contributed by atoms with Gasteiger partial charge in [0.05, 0.1) is 11.9 Å². The molecule has 5 rings (SSSR count). The first-order valence-corrected chi connectivity index (χ1v) is 10.5. The van der Waals surface area contributed by atoms with E-state index in [2.05, 4.69) is 51.1 Å². The van der Waals surface area contributed by atoms with Crippen LogP contribution in [0.25, 0.3) is 22.0 Å². The summed E-state index contributed by atoms with van der Waals surface area (Å²) < 4.78 is 5.23. The first-order chi connectivity index (χ1) is 16.1. The maximum absolute atomic E-state index is 12.6. The Labute approximate surface area is 188 Å². The zero-order chi connectivity index (χ0) is 22.8. The molecule has 1 aliphatic carbocycles. The molecular weight excluding hydrogens is 420 g/mol. The summed E-state index contributed by atoms with van der Waals surface area (Å²) in [7, 11) is 0. The fourth-order valence-corrected chi connectivity index (χ4v) is 4.12. The van der Waals surface area contributed by atoms with E-state index in [9.17, 15) is 9.59 Å². The van der Waals surface area contributed by atoms with Crippen molar-refractivity contribution in [2.45, 2.75) is 12.8 Å². The van der Waals surface area contributed by atoms with Crippen LogP contribution in [0.15, 0.2) is 65.8 Å². The fourth-order valence-electron chi connectivity index (χ4n) is 4.12. The molecule has 4 aromatic rings. The third kappa shape index (κ3) is 4.06. The maximum Gasteiger partial charge on any atom is 0.341 e. The number of H-pyrrole nitrogens is 1. The molecule has 1 aromatic heterocycles. The molecule has 1 heterocycles. The van der Waals surface area contributed by atoms with Crippen LogP contribution >= 0.6 is 0 Å². The van der Waals surface area contributed by atoms with Gasteiger partial charge in [-0.05, 0) is 52.9 Å². The second-order valence-corrected chi connectivity index (χ2v) is 7.70. The van der Waals surface area contributed by atoms with Gasteiger partial charge in [0.2, 0.25) is 0 Å². The molecule has 0 aliphatic heterocycles. The minimum Gasteiger partial charge on any atom is -0.481 e. The number of aromatic nitrogens is 2. The van der Waals surface area contributed by atoms with Crippen molar-refractivity contribution in [3.63, 3.8) is 0 Å². The van der Waals surface area contributed by atoms with Crippen molar-refractivity contribution in [1.82, 2.24) is 15.6 Å². The Kier molecular flexibility index (Phi) is 5.32. The highest BCUT2D eigenvalue weighted by Crippen LogP contribution is 2.36. The van der Waals surface area contributed by atoms with E-state index in [4.69, 9.17) is 9.84 Å². The van der Waals surface area contributed by atoms with Gasteiger partial charge in [-0.3, -0.25) is 9.89 Å². The van der Waals surface area contributed by atoms with Crippen LogP contribution in [-0.2, 0) is 17.6 Å². The molecule has 1 amide bonds. The summed E-state index contributed by atoms with van der Waals surface area (Å²) >= 11 is 0. The van der Waals surface area contributed by atoms with Crippen molar-refractivity contribution in [1.29, 1.82) is 0 Å². The highest BCUT2D eigenvalue weighted by Gasteiger charge is 2.18. The van der Waals surface area contributed by atoms with Gasteiger partial charge >= 0.3 is 5.97 Å². The van der Waals surface area contributed by atoms with Crippen LogP contribution in [0.1, 0.15) is 27.2 Å². The molecule has 3 N–H and O–H groups in total.